The van der Waals surface area contributed by atoms with Gasteiger partial charge in [-0.15, -0.1) is 5.10 Å². The lowest BCUT2D eigenvalue weighted by atomic mass is 9.94. The average Bonchev–Trinajstić information content (AvgIpc) is 3.63. The largest absolute Gasteiger partial charge is 0.481 e. The van der Waals surface area contributed by atoms with Gasteiger partial charge in [0.2, 0.25) is 35.4 Å². The van der Waals surface area contributed by atoms with Gasteiger partial charge < -0.3 is 73.0 Å². The van der Waals surface area contributed by atoms with Gasteiger partial charge in [0, 0.05) is 19.2 Å². The number of nitrogens with two attached hydrogens (primary N) is 1. The monoisotopic (exact) mass is 890 g/mol. The Kier molecular flexibility index (Phi) is 20.7. The maximum atomic E-state index is 13.5. The fourth-order valence-electron chi connectivity index (χ4n) is 5.71. The second kappa shape index (κ2) is 24.8. The molecular formula is C34H51FN10O17. The summed E-state index contributed by atoms with van der Waals surface area (Å²) in [6.07, 6.45) is -11.6. The molecule has 0 aromatic carbocycles. The number of ether oxygens (including phenoxy) is 1. The SMILES string of the molecule is CC(C)[C@H](NC(=O)C(CCC(=O)O)NC(=O)[C@H](CC(=O)O)NC(=O)C1OC(CNC(=O)Cn2cc(CCCF)nn2)C(O)C(O)C1O)C(=O)NC(CC(=O)O)C(=O)NCC(N)=O. The predicted octanol–water partition coefficient (Wildman–Crippen LogP) is -6.84. The molecule has 0 spiro atoms. The highest BCUT2D eigenvalue weighted by atomic mass is 19.1. The van der Waals surface area contributed by atoms with Crippen LogP contribution >= 0.6 is 0 Å². The summed E-state index contributed by atoms with van der Waals surface area (Å²) in [5.41, 5.74) is 5.40. The van der Waals surface area contributed by atoms with Gasteiger partial charge in [0.1, 0.15) is 55.1 Å². The molecule has 27 nitrogen and oxygen atoms in total. The molecule has 1 aliphatic rings. The maximum Gasteiger partial charge on any atom is 0.305 e. The molecule has 2 heterocycles. The van der Waals surface area contributed by atoms with Crippen molar-refractivity contribution in [2.75, 3.05) is 19.8 Å². The first-order valence-electron chi connectivity index (χ1n) is 18.9. The number of aromatic nitrogens is 3. The number of nitrogens with zero attached hydrogens (tertiary/aromatic N) is 3. The topological polar surface area (TPSA) is 430 Å². The van der Waals surface area contributed by atoms with E-state index in [1.165, 1.54) is 20.0 Å². The first kappa shape index (κ1) is 51.8. The van der Waals surface area contributed by atoms with Crippen LogP contribution in [0.1, 0.15) is 51.6 Å². The lowest BCUT2D eigenvalue weighted by Gasteiger charge is -2.40. The van der Waals surface area contributed by atoms with Crippen molar-refractivity contribution < 1.29 is 87.7 Å². The van der Waals surface area contributed by atoms with Crippen molar-refractivity contribution in [3.63, 3.8) is 0 Å². The first-order chi connectivity index (χ1) is 29.0. The van der Waals surface area contributed by atoms with E-state index >= 15 is 0 Å². The third kappa shape index (κ3) is 16.9. The summed E-state index contributed by atoms with van der Waals surface area (Å²) in [6, 6.07) is -7.30. The summed E-state index contributed by atoms with van der Waals surface area (Å²) in [7, 11) is 0. The van der Waals surface area contributed by atoms with Crippen LogP contribution in [-0.2, 0) is 65.6 Å². The van der Waals surface area contributed by atoms with Crippen LogP contribution in [0.5, 0.6) is 0 Å². The van der Waals surface area contributed by atoms with E-state index in [0.717, 1.165) is 4.68 Å². The fraction of sp³-hybridized carbons (Fsp3) is 0.647. The fourth-order valence-corrected chi connectivity index (χ4v) is 5.71. The summed E-state index contributed by atoms with van der Waals surface area (Å²) in [5.74, 6) is -13.5. The van der Waals surface area contributed by atoms with E-state index < -0.39 is 172 Å². The minimum absolute atomic E-state index is 0.186. The van der Waals surface area contributed by atoms with E-state index in [1.54, 1.807) is 0 Å². The third-order valence-corrected chi connectivity index (χ3v) is 8.92. The number of halogens is 1. The van der Waals surface area contributed by atoms with Gasteiger partial charge in [-0.05, 0) is 25.2 Å². The number of rotatable bonds is 26. The number of primary amides is 1. The molecule has 62 heavy (non-hydrogen) atoms. The van der Waals surface area contributed by atoms with Crippen LogP contribution in [0.4, 0.5) is 4.39 Å². The van der Waals surface area contributed by atoms with E-state index in [1.807, 2.05) is 10.6 Å². The van der Waals surface area contributed by atoms with E-state index in [2.05, 4.69) is 31.6 Å². The first-order valence-corrected chi connectivity index (χ1v) is 18.9. The van der Waals surface area contributed by atoms with Gasteiger partial charge in [-0.2, -0.15) is 0 Å². The van der Waals surface area contributed by atoms with E-state index in [0.29, 0.717) is 5.69 Å². The zero-order valence-corrected chi connectivity index (χ0v) is 33.4. The van der Waals surface area contributed by atoms with Crippen molar-refractivity contribution in [2.24, 2.45) is 11.7 Å². The molecule has 28 heteroatoms. The highest BCUT2D eigenvalue weighted by Gasteiger charge is 2.47. The second-order valence-electron chi connectivity index (χ2n) is 14.3. The van der Waals surface area contributed by atoms with Crippen LogP contribution < -0.4 is 37.6 Å². The molecule has 0 saturated carbocycles. The Bertz CT molecular complexity index is 1800. The van der Waals surface area contributed by atoms with Crippen LogP contribution in [0.2, 0.25) is 0 Å². The molecule has 7 unspecified atom stereocenters. The number of hydrogen-bond donors (Lipinski definition) is 13. The number of aliphatic carboxylic acids is 3. The Morgan fingerprint density at radius 3 is 1.95 bits per heavy atom. The number of aliphatic hydroxyl groups is 3. The van der Waals surface area contributed by atoms with Crippen LogP contribution in [0.25, 0.3) is 0 Å². The molecule has 346 valence electrons. The number of hydrogen-bond acceptors (Lipinski definition) is 16. The maximum absolute atomic E-state index is 13.5. The number of aryl methyl sites for hydroxylation is 1. The summed E-state index contributed by atoms with van der Waals surface area (Å²) in [5, 5.41) is 80.2. The summed E-state index contributed by atoms with van der Waals surface area (Å²) in [6.45, 7) is 0.577. The van der Waals surface area contributed by atoms with Crippen molar-refractivity contribution in [1.82, 2.24) is 46.9 Å². The molecule has 1 fully saturated rings. The van der Waals surface area contributed by atoms with Crippen molar-refractivity contribution in [2.45, 2.75) is 114 Å². The summed E-state index contributed by atoms with van der Waals surface area (Å²) in [4.78, 5) is 124. The van der Waals surface area contributed by atoms with Crippen LogP contribution in [-0.4, -0.2) is 179 Å². The number of carboxylic acid groups (broad SMARTS) is 3. The summed E-state index contributed by atoms with van der Waals surface area (Å²) < 4.78 is 19.0. The lowest BCUT2D eigenvalue weighted by Crippen LogP contribution is -2.65. The van der Waals surface area contributed by atoms with Crippen LogP contribution in [0.3, 0.4) is 0 Å². The molecule has 1 aliphatic heterocycles. The van der Waals surface area contributed by atoms with Gasteiger partial charge in [-0.3, -0.25) is 52.3 Å². The predicted molar refractivity (Wildman–Crippen MR) is 200 cm³/mol. The third-order valence-electron chi connectivity index (χ3n) is 8.92. The molecule has 1 saturated heterocycles. The molecule has 7 amide bonds. The Balaban J connectivity index is 2.23. The molecular weight excluding hydrogens is 839 g/mol. The van der Waals surface area contributed by atoms with Crippen LogP contribution in [0, 0.1) is 5.92 Å². The van der Waals surface area contributed by atoms with E-state index in [-0.39, 0.29) is 12.8 Å². The average molecular weight is 891 g/mol. The zero-order chi connectivity index (χ0) is 46.8. The Morgan fingerprint density at radius 1 is 0.790 bits per heavy atom. The van der Waals surface area contributed by atoms with Gasteiger partial charge in [0.25, 0.3) is 5.91 Å². The van der Waals surface area contributed by atoms with Gasteiger partial charge in [0.05, 0.1) is 31.8 Å². The molecule has 14 N–H and O–H groups in total. The normalized spacial score (nSPS) is 20.3. The van der Waals surface area contributed by atoms with Crippen molar-refractivity contribution in [3.05, 3.63) is 11.9 Å². The van der Waals surface area contributed by atoms with E-state index in [9.17, 15) is 83.0 Å². The smallest absolute Gasteiger partial charge is 0.305 e. The number of carbonyl (C=O) groups is 10. The Labute approximate surface area is 350 Å². The number of aliphatic hydroxyl groups excluding tert-OH is 3. The van der Waals surface area contributed by atoms with Crippen LogP contribution in [0.15, 0.2) is 6.20 Å². The Morgan fingerprint density at radius 2 is 1.39 bits per heavy atom. The highest BCUT2D eigenvalue weighted by molar-refractivity contribution is 5.98. The van der Waals surface area contributed by atoms with Crippen molar-refractivity contribution in [3.8, 4) is 0 Å². The quantitative estimate of drug-likeness (QED) is 0.0411. The number of nitrogens with one attached hydrogen (secondary N) is 6. The molecule has 1 aromatic rings. The molecule has 0 bridgehead atoms. The van der Waals surface area contributed by atoms with Gasteiger partial charge >= 0.3 is 17.9 Å². The minimum Gasteiger partial charge on any atom is -0.481 e. The molecule has 0 radical (unpaired) electrons. The standard InChI is InChI=1S/C34H51FN10O17/c1-14(2)25(33(60)40-17(8-23(50)51)30(57)38-11-20(36)46)42-31(58)16(5-6-22(48)49)39-32(59)18(9-24(52)53)41-34(61)29-28(56)27(55)26(54)19(62-29)10-37-21(47)13-45-12-15(43-44-45)4-3-7-35/h12,14,16-19,25-29,54-56H,3-11,13H2,1-2H3,(H2,36,46)(H,37,47)(H,38,57)(H,39,59)(H,40,60)(H,41,61)(H,42,58)(H,48,49)(H,50,51)(H,52,53)/t16?,17?,18-,19?,25-,26?,27?,28?,29?/m0/s1. The van der Waals surface area contributed by atoms with Gasteiger partial charge in [-0.1, -0.05) is 19.1 Å². The molecule has 0 aliphatic carbocycles. The number of carbonyl (C=O) groups excluding carboxylic acids is 7. The van der Waals surface area contributed by atoms with Crippen molar-refractivity contribution in [1.29, 1.82) is 0 Å². The molecule has 9 atom stereocenters. The highest BCUT2D eigenvalue weighted by Crippen LogP contribution is 2.22. The molecule has 2 rings (SSSR count). The van der Waals surface area contributed by atoms with E-state index in [4.69, 9.17) is 10.5 Å². The molecule has 1 aromatic heterocycles. The summed E-state index contributed by atoms with van der Waals surface area (Å²) >= 11 is 0. The Hall–Kier alpha value is -6.39. The second-order valence-corrected chi connectivity index (χ2v) is 14.3. The number of alkyl halides is 1. The number of carboxylic acids is 3. The van der Waals surface area contributed by atoms with Gasteiger partial charge in [-0.25, -0.2) is 4.68 Å². The number of amides is 7. The lowest BCUT2D eigenvalue weighted by molar-refractivity contribution is -0.219. The van der Waals surface area contributed by atoms with Gasteiger partial charge in [0.15, 0.2) is 6.10 Å². The van der Waals surface area contributed by atoms with Crippen molar-refractivity contribution >= 4 is 59.3 Å². The zero-order valence-electron chi connectivity index (χ0n) is 33.4. The minimum atomic E-state index is -2.18.